The second-order valence-electron chi connectivity index (χ2n) is 7.46. The zero-order chi connectivity index (χ0) is 21.7. The largest absolute Gasteiger partial charge is 0.383 e. The van der Waals surface area contributed by atoms with E-state index in [-0.39, 0.29) is 23.6 Å². The van der Waals surface area contributed by atoms with Gasteiger partial charge in [-0.05, 0) is 30.2 Å². The van der Waals surface area contributed by atoms with E-state index in [9.17, 15) is 9.59 Å². The Morgan fingerprint density at radius 3 is 2.57 bits per heavy atom. The molecule has 158 valence electrons. The molecule has 6 heteroatoms. The smallest absolute Gasteiger partial charge is 0.257 e. The van der Waals surface area contributed by atoms with Crippen molar-refractivity contribution < 1.29 is 14.3 Å². The van der Waals surface area contributed by atoms with Gasteiger partial charge in [-0.2, -0.15) is 0 Å². The highest BCUT2D eigenvalue weighted by Gasteiger charge is 2.22. The van der Waals surface area contributed by atoms with E-state index in [0.717, 1.165) is 22.0 Å². The second kappa shape index (κ2) is 9.69. The molecular formula is C24H28N2O4. The number of methoxy groups -OCH3 is 2. The molecule has 0 fully saturated rings. The highest BCUT2D eigenvalue weighted by molar-refractivity contribution is 5.95. The van der Waals surface area contributed by atoms with Crippen molar-refractivity contribution in [1.29, 1.82) is 0 Å². The molecule has 3 aromatic rings. The standard InChI is InChI=1S/C24H28N2O4/c1-16(14-29-3)25-24(28)23-21(15-30-4)26(17(2)12-22(23)27)13-19-10-7-9-18-8-5-6-11-20(18)19/h5-12,16H,13-15H2,1-4H3,(H,25,28)/t16-/m0/s1. The molecule has 2 aromatic carbocycles. The van der Waals surface area contributed by atoms with Crippen LogP contribution in [-0.2, 0) is 22.6 Å². The first-order valence-corrected chi connectivity index (χ1v) is 9.95. The Bertz CT molecular complexity index is 1100. The van der Waals surface area contributed by atoms with Crippen LogP contribution in [0.4, 0.5) is 0 Å². The molecule has 30 heavy (non-hydrogen) atoms. The van der Waals surface area contributed by atoms with Crippen molar-refractivity contribution in [3.8, 4) is 0 Å². The van der Waals surface area contributed by atoms with E-state index in [0.29, 0.717) is 18.8 Å². The van der Waals surface area contributed by atoms with Gasteiger partial charge >= 0.3 is 0 Å². The molecule has 1 N–H and O–H groups in total. The number of aryl methyl sites for hydroxylation is 1. The third-order valence-electron chi connectivity index (χ3n) is 5.14. The minimum atomic E-state index is -0.414. The number of fused-ring (bicyclic) bond motifs is 1. The lowest BCUT2D eigenvalue weighted by atomic mass is 10.0. The van der Waals surface area contributed by atoms with Crippen molar-refractivity contribution in [3.63, 3.8) is 0 Å². The maximum Gasteiger partial charge on any atom is 0.257 e. The molecular weight excluding hydrogens is 380 g/mol. The third-order valence-corrected chi connectivity index (χ3v) is 5.14. The summed E-state index contributed by atoms with van der Waals surface area (Å²) in [6, 6.07) is 15.6. The first-order chi connectivity index (χ1) is 14.5. The fourth-order valence-electron chi connectivity index (χ4n) is 3.77. The summed E-state index contributed by atoms with van der Waals surface area (Å²) < 4.78 is 12.5. The van der Waals surface area contributed by atoms with Crippen molar-refractivity contribution >= 4 is 16.7 Å². The van der Waals surface area contributed by atoms with Crippen LogP contribution < -0.4 is 10.7 Å². The molecule has 0 aliphatic carbocycles. The van der Waals surface area contributed by atoms with E-state index in [4.69, 9.17) is 9.47 Å². The van der Waals surface area contributed by atoms with Gasteiger partial charge in [-0.25, -0.2) is 0 Å². The highest BCUT2D eigenvalue weighted by Crippen LogP contribution is 2.21. The topological polar surface area (TPSA) is 69.6 Å². The Kier molecular flexibility index (Phi) is 7.03. The Hall–Kier alpha value is -2.96. The van der Waals surface area contributed by atoms with Gasteiger partial charge in [0.05, 0.1) is 18.9 Å². The van der Waals surface area contributed by atoms with Gasteiger partial charge in [0, 0.05) is 38.6 Å². The van der Waals surface area contributed by atoms with Gasteiger partial charge in [0.2, 0.25) is 0 Å². The normalized spacial score (nSPS) is 12.1. The summed E-state index contributed by atoms with van der Waals surface area (Å²) in [5.74, 6) is -0.414. The van der Waals surface area contributed by atoms with Crippen LogP contribution >= 0.6 is 0 Å². The van der Waals surface area contributed by atoms with Gasteiger partial charge in [0.25, 0.3) is 5.91 Å². The minimum Gasteiger partial charge on any atom is -0.383 e. The van der Waals surface area contributed by atoms with Crippen LogP contribution in [0.3, 0.4) is 0 Å². The van der Waals surface area contributed by atoms with Crippen molar-refractivity contribution in [2.45, 2.75) is 33.0 Å². The molecule has 0 saturated carbocycles. The van der Waals surface area contributed by atoms with Crippen LogP contribution in [0.2, 0.25) is 0 Å². The zero-order valence-electron chi connectivity index (χ0n) is 17.9. The lowest BCUT2D eigenvalue weighted by Crippen LogP contribution is -2.39. The molecule has 1 heterocycles. The maximum absolute atomic E-state index is 12.9. The molecule has 0 bridgehead atoms. The quantitative estimate of drug-likeness (QED) is 0.621. The molecule has 1 aromatic heterocycles. The Labute approximate surface area is 176 Å². The van der Waals surface area contributed by atoms with Crippen molar-refractivity contribution in [2.24, 2.45) is 0 Å². The van der Waals surface area contributed by atoms with Crippen LogP contribution in [-0.4, -0.2) is 37.3 Å². The third kappa shape index (κ3) is 4.61. The lowest BCUT2D eigenvalue weighted by molar-refractivity contribution is 0.0897. The molecule has 0 spiro atoms. The van der Waals surface area contributed by atoms with Gasteiger partial charge in [-0.1, -0.05) is 42.5 Å². The molecule has 1 amide bonds. The fraction of sp³-hybridized carbons (Fsp3) is 0.333. The van der Waals surface area contributed by atoms with Crippen molar-refractivity contribution in [2.75, 3.05) is 20.8 Å². The first kappa shape index (κ1) is 21.7. The number of hydrogen-bond acceptors (Lipinski definition) is 4. The summed E-state index contributed by atoms with van der Waals surface area (Å²) >= 11 is 0. The van der Waals surface area contributed by atoms with Crippen LogP contribution in [0.1, 0.15) is 34.2 Å². The van der Waals surface area contributed by atoms with Crippen LogP contribution in [0.15, 0.2) is 53.3 Å². The number of hydrogen-bond donors (Lipinski definition) is 1. The number of nitrogens with zero attached hydrogens (tertiary/aromatic N) is 1. The van der Waals surface area contributed by atoms with Gasteiger partial charge in [0.1, 0.15) is 5.56 Å². The average Bonchev–Trinajstić information content (AvgIpc) is 2.71. The minimum absolute atomic E-state index is 0.116. The predicted molar refractivity (Wildman–Crippen MR) is 118 cm³/mol. The van der Waals surface area contributed by atoms with E-state index in [1.165, 1.54) is 6.07 Å². The van der Waals surface area contributed by atoms with E-state index in [1.54, 1.807) is 14.2 Å². The summed E-state index contributed by atoms with van der Waals surface area (Å²) in [5.41, 5.74) is 2.26. The summed E-state index contributed by atoms with van der Waals surface area (Å²) in [6.07, 6.45) is 0. The van der Waals surface area contributed by atoms with Gasteiger partial charge in [-0.3, -0.25) is 9.59 Å². The SMILES string of the molecule is COCc1c(C(=O)N[C@@H](C)COC)c(=O)cc(C)n1Cc1cccc2ccccc12. The summed E-state index contributed by atoms with van der Waals surface area (Å²) in [5, 5.41) is 5.13. The number of ether oxygens (including phenoxy) is 2. The second-order valence-corrected chi connectivity index (χ2v) is 7.46. The number of rotatable bonds is 8. The number of carbonyl (C=O) groups excluding carboxylic acids is 1. The number of amides is 1. The number of pyridine rings is 1. The van der Waals surface area contributed by atoms with Crippen molar-refractivity contribution in [1.82, 2.24) is 9.88 Å². The van der Waals surface area contributed by atoms with Crippen LogP contribution in [0, 0.1) is 6.92 Å². The molecule has 0 radical (unpaired) electrons. The van der Waals surface area contributed by atoms with E-state index in [1.807, 2.05) is 36.6 Å². The lowest BCUT2D eigenvalue weighted by Gasteiger charge is -2.21. The number of nitrogens with one attached hydrogen (secondary N) is 1. The van der Waals surface area contributed by atoms with Crippen LogP contribution in [0.5, 0.6) is 0 Å². The monoisotopic (exact) mass is 408 g/mol. The molecule has 0 saturated heterocycles. The van der Waals surface area contributed by atoms with E-state index >= 15 is 0 Å². The van der Waals surface area contributed by atoms with Gasteiger partial charge in [0.15, 0.2) is 5.43 Å². The van der Waals surface area contributed by atoms with Crippen LogP contribution in [0.25, 0.3) is 10.8 Å². The molecule has 1 atom stereocenters. The van der Waals surface area contributed by atoms with Gasteiger partial charge < -0.3 is 19.4 Å². The summed E-state index contributed by atoms with van der Waals surface area (Å²) in [6.45, 7) is 4.76. The van der Waals surface area contributed by atoms with Crippen molar-refractivity contribution in [3.05, 3.63) is 81.3 Å². The zero-order valence-corrected chi connectivity index (χ0v) is 17.9. The van der Waals surface area contributed by atoms with E-state index < -0.39 is 5.91 Å². The Morgan fingerprint density at radius 2 is 1.83 bits per heavy atom. The number of carbonyl (C=O) groups is 1. The highest BCUT2D eigenvalue weighted by atomic mass is 16.5. The summed E-state index contributed by atoms with van der Waals surface area (Å²) in [4.78, 5) is 25.7. The maximum atomic E-state index is 12.9. The van der Waals surface area contributed by atoms with E-state index in [2.05, 4.69) is 29.6 Å². The number of aromatic nitrogens is 1. The molecule has 0 aliphatic heterocycles. The first-order valence-electron chi connectivity index (χ1n) is 9.95. The molecule has 6 nitrogen and oxygen atoms in total. The van der Waals surface area contributed by atoms with Gasteiger partial charge in [-0.15, -0.1) is 0 Å². The molecule has 3 rings (SSSR count). The molecule has 0 unspecified atom stereocenters. The fourth-order valence-corrected chi connectivity index (χ4v) is 3.77. The molecule has 0 aliphatic rings. The average molecular weight is 408 g/mol. The Morgan fingerprint density at radius 1 is 1.10 bits per heavy atom. The summed E-state index contributed by atoms with van der Waals surface area (Å²) in [7, 11) is 3.13. The Balaban J connectivity index is 2.10. The predicted octanol–water partition coefficient (Wildman–Crippen LogP) is 3.27. The number of benzene rings is 2.